The molecule has 0 saturated heterocycles. The summed E-state index contributed by atoms with van der Waals surface area (Å²) in [5, 5.41) is 14.3. The van der Waals surface area contributed by atoms with Crippen LogP contribution in [0.5, 0.6) is 0 Å². The number of nitrogens with zero attached hydrogens (tertiary/aromatic N) is 1. The van der Waals surface area contributed by atoms with Crippen molar-refractivity contribution >= 4 is 22.6 Å². The van der Waals surface area contributed by atoms with E-state index in [4.69, 9.17) is 5.11 Å². The average Bonchev–Trinajstić information content (AvgIpc) is 2.43. The number of aliphatic carboxylic acids is 1. The summed E-state index contributed by atoms with van der Waals surface area (Å²) in [6.45, 7) is 2.63. The molecule has 4 nitrogen and oxygen atoms in total. The van der Waals surface area contributed by atoms with Gasteiger partial charge in [-0.1, -0.05) is 37.6 Å². The minimum Gasteiger partial charge on any atom is -0.481 e. The van der Waals surface area contributed by atoms with Gasteiger partial charge in [-0.05, 0) is 17.4 Å². The Balaban J connectivity index is 2.11. The maximum atomic E-state index is 10.7. The third kappa shape index (κ3) is 3.44. The zero-order valence-electron chi connectivity index (χ0n) is 11.0. The predicted octanol–water partition coefficient (Wildman–Crippen LogP) is 3.15. The molecule has 0 bridgehead atoms. The van der Waals surface area contributed by atoms with Gasteiger partial charge in [-0.2, -0.15) is 0 Å². The first-order valence-corrected chi connectivity index (χ1v) is 6.50. The van der Waals surface area contributed by atoms with E-state index in [2.05, 4.69) is 10.3 Å². The van der Waals surface area contributed by atoms with E-state index in [1.54, 1.807) is 6.20 Å². The number of carboxylic acid groups (broad SMARTS) is 1. The van der Waals surface area contributed by atoms with Crippen molar-refractivity contribution in [3.05, 3.63) is 36.5 Å². The molecule has 2 N–H and O–H groups in total. The molecule has 100 valence electrons. The molecule has 2 rings (SSSR count). The smallest absolute Gasteiger partial charge is 0.303 e. The molecular formula is C15H18N2O2. The van der Waals surface area contributed by atoms with Crippen molar-refractivity contribution < 1.29 is 9.90 Å². The second-order valence-corrected chi connectivity index (χ2v) is 4.63. The number of hydrogen-bond acceptors (Lipinski definition) is 3. The summed E-state index contributed by atoms with van der Waals surface area (Å²) in [5.74, 6) is 0.194. The van der Waals surface area contributed by atoms with Crippen molar-refractivity contribution in [1.82, 2.24) is 4.98 Å². The Bertz CT molecular complexity index is 564. The number of carbonyl (C=O) groups is 1. The molecule has 0 spiro atoms. The van der Waals surface area contributed by atoms with Crippen LogP contribution in [0.2, 0.25) is 0 Å². The molecule has 1 unspecified atom stereocenters. The summed E-state index contributed by atoms with van der Waals surface area (Å²) in [5.41, 5.74) is 0. The van der Waals surface area contributed by atoms with Crippen LogP contribution in [0.4, 0.5) is 5.82 Å². The molecule has 4 heteroatoms. The monoisotopic (exact) mass is 258 g/mol. The predicted molar refractivity (Wildman–Crippen MR) is 76.3 cm³/mol. The number of anilines is 1. The van der Waals surface area contributed by atoms with Crippen LogP contribution in [0.3, 0.4) is 0 Å². The molecule has 0 fully saturated rings. The third-order valence-corrected chi connectivity index (χ3v) is 3.27. The molecule has 1 atom stereocenters. The fourth-order valence-electron chi connectivity index (χ4n) is 2.11. The first-order valence-electron chi connectivity index (χ1n) is 6.50. The molecule has 0 aliphatic heterocycles. The quantitative estimate of drug-likeness (QED) is 0.835. The average molecular weight is 258 g/mol. The Morgan fingerprint density at radius 1 is 1.37 bits per heavy atom. The van der Waals surface area contributed by atoms with Crippen LogP contribution in [0.1, 0.15) is 19.8 Å². The van der Waals surface area contributed by atoms with Gasteiger partial charge in [-0.25, -0.2) is 4.98 Å². The van der Waals surface area contributed by atoms with Gasteiger partial charge >= 0.3 is 5.97 Å². The zero-order chi connectivity index (χ0) is 13.7. The molecule has 2 aromatic rings. The summed E-state index contributed by atoms with van der Waals surface area (Å²) in [4.78, 5) is 15.1. The summed E-state index contributed by atoms with van der Waals surface area (Å²) in [6, 6.07) is 9.99. The summed E-state index contributed by atoms with van der Waals surface area (Å²) in [6.07, 6.45) is 2.79. The Morgan fingerprint density at radius 3 is 2.89 bits per heavy atom. The highest BCUT2D eigenvalue weighted by molar-refractivity contribution is 5.91. The molecule has 0 saturated carbocycles. The molecule has 0 radical (unpaired) electrons. The Morgan fingerprint density at radius 2 is 2.16 bits per heavy atom. The Kier molecular flexibility index (Phi) is 4.34. The highest BCUT2D eigenvalue weighted by Crippen LogP contribution is 2.21. The van der Waals surface area contributed by atoms with Gasteiger partial charge in [-0.3, -0.25) is 4.79 Å². The molecular weight excluding hydrogens is 240 g/mol. The van der Waals surface area contributed by atoms with Crippen molar-refractivity contribution in [2.24, 2.45) is 5.92 Å². The van der Waals surface area contributed by atoms with E-state index in [1.807, 2.05) is 37.3 Å². The number of carboxylic acids is 1. The Hall–Kier alpha value is -2.10. The number of benzene rings is 1. The van der Waals surface area contributed by atoms with Gasteiger partial charge in [0.1, 0.15) is 5.82 Å². The second kappa shape index (κ2) is 6.18. The molecule has 0 amide bonds. The molecule has 1 aromatic heterocycles. The van der Waals surface area contributed by atoms with Crippen LogP contribution in [0.15, 0.2) is 36.5 Å². The molecule has 19 heavy (non-hydrogen) atoms. The van der Waals surface area contributed by atoms with Crippen LogP contribution >= 0.6 is 0 Å². The highest BCUT2D eigenvalue weighted by atomic mass is 16.4. The van der Waals surface area contributed by atoms with Gasteiger partial charge in [0.25, 0.3) is 0 Å². The molecule has 1 heterocycles. The first-order chi connectivity index (χ1) is 9.20. The fourth-order valence-corrected chi connectivity index (χ4v) is 2.11. The van der Waals surface area contributed by atoms with E-state index in [0.717, 1.165) is 23.0 Å². The van der Waals surface area contributed by atoms with Gasteiger partial charge in [0.05, 0.1) is 0 Å². The maximum Gasteiger partial charge on any atom is 0.303 e. The lowest BCUT2D eigenvalue weighted by Gasteiger charge is -2.15. The lowest BCUT2D eigenvalue weighted by atomic mass is 10.0. The van der Waals surface area contributed by atoms with Crippen molar-refractivity contribution in [3.63, 3.8) is 0 Å². The van der Waals surface area contributed by atoms with Crippen LogP contribution in [0, 0.1) is 5.92 Å². The Labute approximate surface area is 112 Å². The number of nitrogens with one attached hydrogen (secondary N) is 1. The van der Waals surface area contributed by atoms with Gasteiger partial charge in [0.15, 0.2) is 0 Å². The summed E-state index contributed by atoms with van der Waals surface area (Å²) >= 11 is 0. The lowest BCUT2D eigenvalue weighted by Crippen LogP contribution is -2.17. The number of rotatable bonds is 6. The van der Waals surface area contributed by atoms with Crippen LogP contribution in [-0.4, -0.2) is 22.6 Å². The minimum absolute atomic E-state index is 0.123. The van der Waals surface area contributed by atoms with Gasteiger partial charge in [-0.15, -0.1) is 0 Å². The van der Waals surface area contributed by atoms with Gasteiger partial charge < -0.3 is 10.4 Å². The second-order valence-electron chi connectivity index (χ2n) is 4.63. The first kappa shape index (κ1) is 13.3. The van der Waals surface area contributed by atoms with E-state index in [1.165, 1.54) is 0 Å². The SMILES string of the molecule is CCC(CNc1nccc2ccccc12)CC(=O)O. The standard InChI is InChI=1S/C15H18N2O2/c1-2-11(9-14(18)19)10-17-15-13-6-4-3-5-12(13)7-8-16-15/h3-8,11H,2,9-10H2,1H3,(H,16,17)(H,18,19). The van der Waals surface area contributed by atoms with Gasteiger partial charge in [0.2, 0.25) is 0 Å². The van der Waals surface area contributed by atoms with Crippen molar-refractivity contribution in [2.75, 3.05) is 11.9 Å². The molecule has 0 aliphatic rings. The number of fused-ring (bicyclic) bond motifs is 1. The van der Waals surface area contributed by atoms with Crippen molar-refractivity contribution in [3.8, 4) is 0 Å². The maximum absolute atomic E-state index is 10.7. The third-order valence-electron chi connectivity index (χ3n) is 3.27. The van der Waals surface area contributed by atoms with Crippen LogP contribution < -0.4 is 5.32 Å². The molecule has 1 aromatic carbocycles. The van der Waals surface area contributed by atoms with E-state index in [9.17, 15) is 4.79 Å². The van der Waals surface area contributed by atoms with Crippen molar-refractivity contribution in [2.45, 2.75) is 19.8 Å². The number of pyridine rings is 1. The van der Waals surface area contributed by atoms with E-state index < -0.39 is 5.97 Å². The van der Waals surface area contributed by atoms with E-state index in [0.29, 0.717) is 6.54 Å². The normalized spacial score (nSPS) is 12.3. The fraction of sp³-hybridized carbons (Fsp3) is 0.333. The van der Waals surface area contributed by atoms with Crippen molar-refractivity contribution in [1.29, 1.82) is 0 Å². The lowest BCUT2D eigenvalue weighted by molar-refractivity contribution is -0.138. The largest absolute Gasteiger partial charge is 0.481 e. The van der Waals surface area contributed by atoms with Gasteiger partial charge in [0, 0.05) is 24.5 Å². The van der Waals surface area contributed by atoms with Crippen LogP contribution in [-0.2, 0) is 4.79 Å². The topological polar surface area (TPSA) is 62.2 Å². The molecule has 0 aliphatic carbocycles. The number of hydrogen-bond donors (Lipinski definition) is 2. The van der Waals surface area contributed by atoms with E-state index >= 15 is 0 Å². The zero-order valence-corrected chi connectivity index (χ0v) is 11.0. The van der Waals surface area contributed by atoms with E-state index in [-0.39, 0.29) is 12.3 Å². The summed E-state index contributed by atoms with van der Waals surface area (Å²) in [7, 11) is 0. The highest BCUT2D eigenvalue weighted by Gasteiger charge is 2.11. The van der Waals surface area contributed by atoms with Crippen LogP contribution in [0.25, 0.3) is 10.8 Å². The minimum atomic E-state index is -0.750. The summed E-state index contributed by atoms with van der Waals surface area (Å²) < 4.78 is 0. The number of aromatic nitrogens is 1.